The van der Waals surface area contributed by atoms with Crippen molar-refractivity contribution in [3.8, 4) is 0 Å². The van der Waals surface area contributed by atoms with Crippen molar-refractivity contribution < 1.29 is 14.4 Å². The number of aromatic nitrogens is 1. The Morgan fingerprint density at radius 1 is 1.73 bits per heavy atom. The molecule has 0 amide bonds. The molecule has 1 aromatic heterocycles. The number of anilines is 1. The Hall–Kier alpha value is -1.72. The molecule has 60 valence electrons. The average Bonchev–Trinajstić information content (AvgIpc) is 2.18. The first-order valence-electron chi connectivity index (χ1n) is 2.79. The number of aromatic amines is 1. The van der Waals surface area contributed by atoms with E-state index in [1.165, 1.54) is 0 Å². The van der Waals surface area contributed by atoms with E-state index in [9.17, 15) is 9.59 Å². The summed E-state index contributed by atoms with van der Waals surface area (Å²) in [6.45, 7) is 0. The summed E-state index contributed by atoms with van der Waals surface area (Å²) >= 11 is 0. The van der Waals surface area contributed by atoms with Crippen LogP contribution in [0.2, 0.25) is 0 Å². The van der Waals surface area contributed by atoms with Gasteiger partial charge in [0.1, 0.15) is 12.1 Å². The minimum atomic E-state index is -1.10. The number of rotatable bonds is 2. The molecule has 4 N–H and O–H groups in total. The van der Waals surface area contributed by atoms with Gasteiger partial charge in [-0.05, 0) is 0 Å². The molecule has 1 heterocycles. The molecule has 0 aliphatic carbocycles. The monoisotopic (exact) mass is 158 g/mol. The van der Waals surface area contributed by atoms with Crippen LogP contribution in [0.25, 0.3) is 0 Å². The molecule has 0 bridgehead atoms. The Morgan fingerprint density at radius 2 is 2.36 bits per heavy atom. The van der Waals surface area contributed by atoms with E-state index in [1.54, 1.807) is 0 Å². The number of nitrogen functional groups attached to an aromatic ring is 1. The zero-order valence-corrected chi connectivity index (χ0v) is 5.46. The van der Waals surface area contributed by atoms with Crippen LogP contribution in [0.4, 0.5) is 5.69 Å². The second kappa shape index (κ2) is 2.49. The Bertz CT molecular complexity index is 323. The van der Waals surface area contributed by atoms with Crippen molar-refractivity contribution in [1.29, 1.82) is 0 Å². The Balaban J connectivity index is 2.96. The SMILES string of the molecule is Nc1c(CC(=O)O)o[nH]c1=O. The van der Waals surface area contributed by atoms with Gasteiger partial charge in [-0.3, -0.25) is 9.59 Å². The van der Waals surface area contributed by atoms with Gasteiger partial charge in [-0.15, -0.1) is 0 Å². The summed E-state index contributed by atoms with van der Waals surface area (Å²) in [4.78, 5) is 20.7. The van der Waals surface area contributed by atoms with E-state index in [2.05, 4.69) is 4.52 Å². The Labute approximate surface area is 60.6 Å². The summed E-state index contributed by atoms with van der Waals surface area (Å²) in [5, 5.41) is 10.2. The molecule has 6 nitrogen and oxygen atoms in total. The maximum absolute atomic E-state index is 10.6. The van der Waals surface area contributed by atoms with Gasteiger partial charge >= 0.3 is 11.5 Å². The van der Waals surface area contributed by atoms with Gasteiger partial charge in [0, 0.05) is 0 Å². The number of hydrogen-bond acceptors (Lipinski definition) is 4. The van der Waals surface area contributed by atoms with Gasteiger partial charge in [0.15, 0.2) is 5.76 Å². The lowest BCUT2D eigenvalue weighted by Gasteiger charge is -1.87. The van der Waals surface area contributed by atoms with Gasteiger partial charge in [-0.2, -0.15) is 5.16 Å². The molecule has 0 unspecified atom stereocenters. The fraction of sp³-hybridized carbons (Fsp3) is 0.200. The Kier molecular flexibility index (Phi) is 1.67. The number of carboxylic acid groups (broad SMARTS) is 1. The lowest BCUT2D eigenvalue weighted by molar-refractivity contribution is -0.136. The van der Waals surface area contributed by atoms with Gasteiger partial charge in [0.2, 0.25) is 0 Å². The average molecular weight is 158 g/mol. The Morgan fingerprint density at radius 3 is 2.73 bits per heavy atom. The second-order valence-electron chi connectivity index (χ2n) is 1.94. The smallest absolute Gasteiger partial charge is 0.311 e. The van der Waals surface area contributed by atoms with Crippen LogP contribution in [0.5, 0.6) is 0 Å². The molecule has 0 aliphatic heterocycles. The summed E-state index contributed by atoms with van der Waals surface area (Å²) in [6.07, 6.45) is -0.384. The minimum Gasteiger partial charge on any atom is -0.481 e. The topological polar surface area (TPSA) is 109 Å². The molecule has 11 heavy (non-hydrogen) atoms. The van der Waals surface area contributed by atoms with Crippen molar-refractivity contribution in [1.82, 2.24) is 5.16 Å². The van der Waals surface area contributed by atoms with E-state index in [1.807, 2.05) is 5.16 Å². The molecular weight excluding hydrogens is 152 g/mol. The number of carboxylic acids is 1. The van der Waals surface area contributed by atoms with Crippen LogP contribution in [-0.2, 0) is 11.2 Å². The summed E-state index contributed by atoms with van der Waals surface area (Å²) in [5.41, 5.74) is 4.38. The van der Waals surface area contributed by atoms with Crippen molar-refractivity contribution in [3.63, 3.8) is 0 Å². The first-order chi connectivity index (χ1) is 5.11. The van der Waals surface area contributed by atoms with Gasteiger partial charge < -0.3 is 15.4 Å². The number of carbonyl (C=O) groups is 1. The number of H-pyrrole nitrogens is 1. The lowest BCUT2D eigenvalue weighted by Crippen LogP contribution is -2.07. The number of nitrogens with two attached hydrogens (primary N) is 1. The first kappa shape index (κ1) is 7.39. The largest absolute Gasteiger partial charge is 0.481 e. The molecule has 0 aromatic carbocycles. The zero-order valence-electron chi connectivity index (χ0n) is 5.46. The molecule has 0 saturated carbocycles. The van der Waals surface area contributed by atoms with Crippen LogP contribution in [0.1, 0.15) is 5.76 Å². The second-order valence-corrected chi connectivity index (χ2v) is 1.94. The highest BCUT2D eigenvalue weighted by Gasteiger charge is 2.11. The predicted octanol–water partition coefficient (Wildman–Crippen LogP) is -0.823. The van der Waals surface area contributed by atoms with Crippen molar-refractivity contribution in [2.24, 2.45) is 0 Å². The predicted molar refractivity (Wildman–Crippen MR) is 35.1 cm³/mol. The standard InChI is InChI=1S/C5H6N2O4/c6-4-2(1-3(8)9)11-7-5(4)10/h1,6H2,(H,7,10)(H,8,9). The molecule has 0 atom stereocenters. The summed E-state index contributed by atoms with van der Waals surface area (Å²) in [7, 11) is 0. The van der Waals surface area contributed by atoms with Crippen LogP contribution < -0.4 is 11.3 Å². The number of hydrogen-bond donors (Lipinski definition) is 3. The lowest BCUT2D eigenvalue weighted by atomic mass is 10.3. The number of aliphatic carboxylic acids is 1. The van der Waals surface area contributed by atoms with Crippen molar-refractivity contribution in [2.75, 3.05) is 5.73 Å². The summed E-state index contributed by atoms with van der Waals surface area (Å²) in [5.74, 6) is -1.14. The molecule has 0 fully saturated rings. The minimum absolute atomic E-state index is 0.0394. The van der Waals surface area contributed by atoms with Crippen LogP contribution in [0, 0.1) is 0 Å². The molecule has 0 spiro atoms. The van der Waals surface area contributed by atoms with E-state index in [4.69, 9.17) is 10.8 Å². The van der Waals surface area contributed by atoms with E-state index in [0.717, 1.165) is 0 Å². The van der Waals surface area contributed by atoms with Crippen LogP contribution >= 0.6 is 0 Å². The molecule has 0 radical (unpaired) electrons. The van der Waals surface area contributed by atoms with Gasteiger partial charge in [-0.25, -0.2) is 0 Å². The fourth-order valence-electron chi connectivity index (χ4n) is 0.613. The van der Waals surface area contributed by atoms with E-state index in [-0.39, 0.29) is 17.9 Å². The molecule has 6 heteroatoms. The molecule has 1 aromatic rings. The molecule has 0 saturated heterocycles. The van der Waals surface area contributed by atoms with E-state index < -0.39 is 11.5 Å². The molecule has 1 rings (SSSR count). The molecular formula is C5H6N2O4. The van der Waals surface area contributed by atoms with Gasteiger partial charge in [-0.1, -0.05) is 0 Å². The highest BCUT2D eigenvalue weighted by atomic mass is 16.5. The maximum atomic E-state index is 10.6. The number of nitrogens with one attached hydrogen (secondary N) is 1. The summed E-state index contributed by atoms with van der Waals surface area (Å²) in [6, 6.07) is 0. The first-order valence-corrected chi connectivity index (χ1v) is 2.79. The highest BCUT2D eigenvalue weighted by molar-refractivity contribution is 5.71. The maximum Gasteiger partial charge on any atom is 0.311 e. The van der Waals surface area contributed by atoms with Gasteiger partial charge in [0.05, 0.1) is 0 Å². The fourth-order valence-corrected chi connectivity index (χ4v) is 0.613. The molecule has 0 aliphatic rings. The van der Waals surface area contributed by atoms with E-state index in [0.29, 0.717) is 0 Å². The van der Waals surface area contributed by atoms with Crippen molar-refractivity contribution in [2.45, 2.75) is 6.42 Å². The normalized spacial score (nSPS) is 9.82. The highest BCUT2D eigenvalue weighted by Crippen LogP contribution is 2.04. The quantitative estimate of drug-likeness (QED) is 0.520. The van der Waals surface area contributed by atoms with Gasteiger partial charge in [0.25, 0.3) is 0 Å². The van der Waals surface area contributed by atoms with Crippen molar-refractivity contribution >= 4 is 11.7 Å². The third-order valence-corrected chi connectivity index (χ3v) is 1.12. The zero-order chi connectivity index (χ0) is 8.43. The third-order valence-electron chi connectivity index (χ3n) is 1.12. The van der Waals surface area contributed by atoms with Crippen LogP contribution in [-0.4, -0.2) is 16.2 Å². The van der Waals surface area contributed by atoms with Crippen LogP contribution in [0.15, 0.2) is 9.32 Å². The van der Waals surface area contributed by atoms with Crippen molar-refractivity contribution in [3.05, 3.63) is 16.1 Å². The van der Waals surface area contributed by atoms with E-state index >= 15 is 0 Å². The summed E-state index contributed by atoms with van der Waals surface area (Å²) < 4.78 is 4.46. The van der Waals surface area contributed by atoms with Crippen LogP contribution in [0.3, 0.4) is 0 Å². The third kappa shape index (κ3) is 1.40.